The quantitative estimate of drug-likeness (QED) is 0.804. The van der Waals surface area contributed by atoms with E-state index < -0.39 is 0 Å². The summed E-state index contributed by atoms with van der Waals surface area (Å²) in [4.78, 5) is 14.3. The third-order valence-corrected chi connectivity index (χ3v) is 2.40. The Labute approximate surface area is 93.2 Å². The summed E-state index contributed by atoms with van der Waals surface area (Å²) in [5, 5.41) is 0.986. The van der Waals surface area contributed by atoms with Crippen LogP contribution >= 0.6 is 0 Å². The Balaban J connectivity index is 2.41. The molecule has 0 aliphatic carbocycles. The molecule has 2 rings (SSSR count). The average molecular weight is 219 g/mol. The van der Waals surface area contributed by atoms with Crippen LogP contribution in [0.2, 0.25) is 0 Å². The van der Waals surface area contributed by atoms with Crippen LogP contribution in [0.3, 0.4) is 0 Å². The number of hydrogen-bond acceptors (Lipinski definition) is 3. The van der Waals surface area contributed by atoms with Crippen LogP contribution in [0, 0.1) is 0 Å². The molecule has 0 spiro atoms. The molecule has 1 heterocycles. The molecule has 0 aliphatic rings. The van der Waals surface area contributed by atoms with E-state index in [-0.39, 0.29) is 5.97 Å². The lowest BCUT2D eigenvalue weighted by Gasteiger charge is -1.98. The van der Waals surface area contributed by atoms with Gasteiger partial charge in [-0.15, -0.1) is 0 Å². The first-order valence-electron chi connectivity index (χ1n) is 4.93. The minimum Gasteiger partial charge on any atom is -0.464 e. The van der Waals surface area contributed by atoms with Gasteiger partial charge in [0, 0.05) is 18.0 Å². The van der Waals surface area contributed by atoms with Crippen molar-refractivity contribution in [3.63, 3.8) is 0 Å². The predicted octanol–water partition coefficient (Wildman–Crippen LogP) is 2.10. The number of methoxy groups -OCH3 is 2. The van der Waals surface area contributed by atoms with E-state index in [1.165, 1.54) is 7.11 Å². The molecule has 0 bridgehead atoms. The van der Waals surface area contributed by atoms with E-state index in [9.17, 15) is 4.79 Å². The van der Waals surface area contributed by atoms with Crippen LogP contribution in [-0.2, 0) is 16.1 Å². The number of fused-ring (bicyclic) bond motifs is 1. The number of H-pyrrole nitrogens is 1. The smallest absolute Gasteiger partial charge is 0.354 e. The molecule has 2 aromatic rings. The lowest BCUT2D eigenvalue weighted by Crippen LogP contribution is -2.00. The molecule has 0 saturated carbocycles. The number of carbonyl (C=O) groups is 1. The minimum absolute atomic E-state index is 0.357. The summed E-state index contributed by atoms with van der Waals surface area (Å²) in [5.41, 5.74) is 2.44. The Morgan fingerprint density at radius 1 is 1.31 bits per heavy atom. The molecule has 0 atom stereocenters. The first-order chi connectivity index (χ1) is 7.74. The van der Waals surface area contributed by atoms with E-state index in [0.29, 0.717) is 12.3 Å². The van der Waals surface area contributed by atoms with Crippen molar-refractivity contribution in [2.75, 3.05) is 14.2 Å². The monoisotopic (exact) mass is 219 g/mol. The van der Waals surface area contributed by atoms with Crippen LogP contribution in [0.5, 0.6) is 0 Å². The molecule has 84 valence electrons. The normalized spacial score (nSPS) is 10.6. The Morgan fingerprint density at radius 3 is 2.81 bits per heavy atom. The number of rotatable bonds is 3. The number of benzene rings is 1. The maximum absolute atomic E-state index is 11.3. The van der Waals surface area contributed by atoms with Crippen molar-refractivity contribution in [2.45, 2.75) is 6.61 Å². The lowest BCUT2D eigenvalue weighted by molar-refractivity contribution is 0.0595. The molecular formula is C12H13NO3. The van der Waals surface area contributed by atoms with Crippen molar-refractivity contribution in [1.82, 2.24) is 4.98 Å². The van der Waals surface area contributed by atoms with Gasteiger partial charge in [0.25, 0.3) is 0 Å². The SMILES string of the molecule is COCc1ccc2cc(C(=O)OC)[nH]c2c1. The third kappa shape index (κ3) is 1.92. The lowest BCUT2D eigenvalue weighted by atomic mass is 10.2. The van der Waals surface area contributed by atoms with Crippen molar-refractivity contribution in [3.05, 3.63) is 35.5 Å². The highest BCUT2D eigenvalue weighted by molar-refractivity contribution is 5.94. The number of esters is 1. The van der Waals surface area contributed by atoms with Gasteiger partial charge in [0.1, 0.15) is 5.69 Å². The van der Waals surface area contributed by atoms with E-state index in [4.69, 9.17) is 4.74 Å². The van der Waals surface area contributed by atoms with Crippen LogP contribution in [0.25, 0.3) is 10.9 Å². The second-order valence-corrected chi connectivity index (χ2v) is 3.53. The highest BCUT2D eigenvalue weighted by atomic mass is 16.5. The number of aromatic nitrogens is 1. The fourth-order valence-corrected chi connectivity index (χ4v) is 1.65. The summed E-state index contributed by atoms with van der Waals surface area (Å²) in [6.45, 7) is 0.558. The topological polar surface area (TPSA) is 51.3 Å². The van der Waals surface area contributed by atoms with Gasteiger partial charge in [-0.25, -0.2) is 4.79 Å². The maximum Gasteiger partial charge on any atom is 0.354 e. The Kier molecular flexibility index (Phi) is 2.92. The van der Waals surface area contributed by atoms with Crippen molar-refractivity contribution in [1.29, 1.82) is 0 Å². The highest BCUT2D eigenvalue weighted by Gasteiger charge is 2.09. The second-order valence-electron chi connectivity index (χ2n) is 3.53. The molecule has 0 fully saturated rings. The Bertz CT molecular complexity index is 516. The second kappa shape index (κ2) is 4.37. The molecule has 4 heteroatoms. The summed E-state index contributed by atoms with van der Waals surface area (Å²) in [7, 11) is 3.02. The van der Waals surface area contributed by atoms with Gasteiger partial charge in [0.2, 0.25) is 0 Å². The fraction of sp³-hybridized carbons (Fsp3) is 0.250. The maximum atomic E-state index is 11.3. The molecule has 1 aromatic heterocycles. The van der Waals surface area contributed by atoms with Crippen LogP contribution in [0.1, 0.15) is 16.1 Å². The van der Waals surface area contributed by atoms with Gasteiger partial charge in [-0.2, -0.15) is 0 Å². The largest absolute Gasteiger partial charge is 0.464 e. The Hall–Kier alpha value is -1.81. The molecule has 0 saturated heterocycles. The molecule has 1 N–H and O–H groups in total. The van der Waals surface area contributed by atoms with E-state index in [1.807, 2.05) is 18.2 Å². The van der Waals surface area contributed by atoms with Crippen molar-refractivity contribution in [2.24, 2.45) is 0 Å². The molecule has 16 heavy (non-hydrogen) atoms. The van der Waals surface area contributed by atoms with Crippen molar-refractivity contribution in [3.8, 4) is 0 Å². The summed E-state index contributed by atoms with van der Waals surface area (Å²) in [6, 6.07) is 7.66. The van der Waals surface area contributed by atoms with Gasteiger partial charge in [0.05, 0.1) is 13.7 Å². The minimum atomic E-state index is -0.357. The van der Waals surface area contributed by atoms with Gasteiger partial charge in [-0.3, -0.25) is 0 Å². The van der Waals surface area contributed by atoms with Gasteiger partial charge in [0.15, 0.2) is 0 Å². The first kappa shape index (κ1) is 10.7. The van der Waals surface area contributed by atoms with E-state index >= 15 is 0 Å². The summed E-state index contributed by atoms with van der Waals surface area (Å²) >= 11 is 0. The van der Waals surface area contributed by atoms with Crippen molar-refractivity contribution < 1.29 is 14.3 Å². The summed E-state index contributed by atoms with van der Waals surface area (Å²) in [5.74, 6) is -0.357. The number of nitrogens with one attached hydrogen (secondary N) is 1. The summed E-state index contributed by atoms with van der Waals surface area (Å²) < 4.78 is 9.70. The zero-order valence-corrected chi connectivity index (χ0v) is 9.24. The number of ether oxygens (including phenoxy) is 2. The molecule has 0 unspecified atom stereocenters. The van der Waals surface area contributed by atoms with Crippen LogP contribution in [0.15, 0.2) is 24.3 Å². The van der Waals surface area contributed by atoms with Gasteiger partial charge in [-0.05, 0) is 17.7 Å². The highest BCUT2D eigenvalue weighted by Crippen LogP contribution is 2.18. The van der Waals surface area contributed by atoms with Crippen LogP contribution < -0.4 is 0 Å². The van der Waals surface area contributed by atoms with Crippen LogP contribution in [0.4, 0.5) is 0 Å². The van der Waals surface area contributed by atoms with E-state index in [2.05, 4.69) is 9.72 Å². The van der Waals surface area contributed by atoms with E-state index in [0.717, 1.165) is 16.5 Å². The zero-order chi connectivity index (χ0) is 11.5. The fourth-order valence-electron chi connectivity index (χ4n) is 1.65. The zero-order valence-electron chi connectivity index (χ0n) is 9.24. The number of aromatic amines is 1. The standard InChI is InChI=1S/C12H13NO3/c1-15-7-8-3-4-9-6-11(12(14)16-2)13-10(9)5-8/h3-6,13H,7H2,1-2H3. The number of carbonyl (C=O) groups excluding carboxylic acids is 1. The van der Waals surface area contributed by atoms with Gasteiger partial charge < -0.3 is 14.5 Å². The average Bonchev–Trinajstić information content (AvgIpc) is 2.71. The molecule has 1 aromatic carbocycles. The third-order valence-electron chi connectivity index (χ3n) is 2.40. The molecular weight excluding hydrogens is 206 g/mol. The van der Waals surface area contributed by atoms with Crippen molar-refractivity contribution >= 4 is 16.9 Å². The van der Waals surface area contributed by atoms with Gasteiger partial charge >= 0.3 is 5.97 Å². The predicted molar refractivity (Wildman–Crippen MR) is 60.4 cm³/mol. The summed E-state index contributed by atoms with van der Waals surface area (Å²) in [6.07, 6.45) is 0. The number of hydrogen-bond donors (Lipinski definition) is 1. The molecule has 0 amide bonds. The first-order valence-corrected chi connectivity index (χ1v) is 4.93. The van der Waals surface area contributed by atoms with Crippen LogP contribution in [-0.4, -0.2) is 25.2 Å². The molecule has 0 aliphatic heterocycles. The van der Waals surface area contributed by atoms with Gasteiger partial charge in [-0.1, -0.05) is 12.1 Å². The van der Waals surface area contributed by atoms with E-state index in [1.54, 1.807) is 13.2 Å². The molecule has 4 nitrogen and oxygen atoms in total. The Morgan fingerprint density at radius 2 is 2.12 bits per heavy atom. The molecule has 0 radical (unpaired) electrons.